The molecular weight excluding hydrogens is 218 g/mol. The minimum absolute atomic E-state index is 0.196. The van der Waals surface area contributed by atoms with Gasteiger partial charge in [-0.3, -0.25) is 4.98 Å². The van der Waals surface area contributed by atoms with E-state index in [0.717, 1.165) is 17.0 Å². The van der Waals surface area contributed by atoms with Gasteiger partial charge in [-0.2, -0.15) is 0 Å². The number of hydrogen-bond acceptors (Lipinski definition) is 3. The van der Waals surface area contributed by atoms with E-state index in [4.69, 9.17) is 5.11 Å². The highest BCUT2D eigenvalue weighted by molar-refractivity contribution is 7.99. The summed E-state index contributed by atoms with van der Waals surface area (Å²) >= 11 is 1.82. The monoisotopic (exact) mass is 231 g/mol. The Kier molecular flexibility index (Phi) is 3.47. The first-order chi connectivity index (χ1) is 7.79. The predicted octanol–water partition coefficient (Wildman–Crippen LogP) is 3.57. The van der Waals surface area contributed by atoms with Gasteiger partial charge < -0.3 is 5.11 Å². The van der Waals surface area contributed by atoms with Crippen molar-refractivity contribution in [2.75, 3.05) is 5.75 Å². The number of pyridine rings is 1. The highest BCUT2D eigenvalue weighted by atomic mass is 32.2. The quantitative estimate of drug-likeness (QED) is 0.820. The van der Waals surface area contributed by atoms with Crippen LogP contribution in [-0.2, 0) is 0 Å². The number of benzene rings is 1. The predicted molar refractivity (Wildman–Crippen MR) is 67.7 cm³/mol. The van der Waals surface area contributed by atoms with Gasteiger partial charge in [-0.1, -0.05) is 19.1 Å². The topological polar surface area (TPSA) is 33.1 Å². The van der Waals surface area contributed by atoms with Crippen molar-refractivity contribution in [3.05, 3.63) is 42.6 Å². The van der Waals surface area contributed by atoms with Gasteiger partial charge in [0.2, 0.25) is 0 Å². The molecule has 16 heavy (non-hydrogen) atoms. The molecule has 0 fully saturated rings. The van der Waals surface area contributed by atoms with Crippen LogP contribution in [0.3, 0.4) is 0 Å². The van der Waals surface area contributed by atoms with Crippen molar-refractivity contribution in [3.8, 4) is 17.0 Å². The zero-order valence-corrected chi connectivity index (χ0v) is 9.87. The number of hydrogen-bond donors (Lipinski definition) is 1. The van der Waals surface area contributed by atoms with Crippen LogP contribution >= 0.6 is 11.8 Å². The van der Waals surface area contributed by atoms with Crippen LogP contribution in [0.25, 0.3) is 11.3 Å². The summed E-state index contributed by atoms with van der Waals surface area (Å²) in [5.41, 5.74) is 1.95. The molecule has 1 aromatic carbocycles. The lowest BCUT2D eigenvalue weighted by Gasteiger charge is -2.02. The van der Waals surface area contributed by atoms with Crippen LogP contribution in [0.1, 0.15) is 6.92 Å². The van der Waals surface area contributed by atoms with Gasteiger partial charge in [-0.25, -0.2) is 0 Å². The van der Waals surface area contributed by atoms with Crippen LogP contribution in [0, 0.1) is 0 Å². The summed E-state index contributed by atoms with van der Waals surface area (Å²) in [6.45, 7) is 2.14. The first-order valence-corrected chi connectivity index (χ1v) is 6.16. The van der Waals surface area contributed by atoms with E-state index in [-0.39, 0.29) is 5.75 Å². The van der Waals surface area contributed by atoms with E-state index in [1.165, 1.54) is 11.1 Å². The number of rotatable bonds is 3. The Labute approximate surface area is 99.4 Å². The van der Waals surface area contributed by atoms with E-state index in [0.29, 0.717) is 0 Å². The molecule has 0 saturated heterocycles. The molecule has 0 atom stereocenters. The van der Waals surface area contributed by atoms with Crippen LogP contribution in [0.2, 0.25) is 0 Å². The Morgan fingerprint density at radius 2 is 1.88 bits per heavy atom. The molecule has 0 amide bonds. The van der Waals surface area contributed by atoms with Crippen LogP contribution < -0.4 is 0 Å². The fraction of sp³-hybridized carbons (Fsp3) is 0.154. The average molecular weight is 231 g/mol. The van der Waals surface area contributed by atoms with Gasteiger partial charge in [0, 0.05) is 10.5 Å². The Hall–Kier alpha value is -1.48. The van der Waals surface area contributed by atoms with Gasteiger partial charge in [0.25, 0.3) is 0 Å². The zero-order chi connectivity index (χ0) is 11.4. The highest BCUT2D eigenvalue weighted by Gasteiger charge is 1.99. The van der Waals surface area contributed by atoms with Gasteiger partial charge in [0.05, 0.1) is 11.9 Å². The van der Waals surface area contributed by atoms with Gasteiger partial charge in [-0.15, -0.1) is 11.8 Å². The lowest BCUT2D eigenvalue weighted by molar-refractivity contribution is 0.473. The third-order valence-corrected chi connectivity index (χ3v) is 3.10. The second-order valence-electron chi connectivity index (χ2n) is 3.36. The third kappa shape index (κ3) is 2.55. The second-order valence-corrected chi connectivity index (χ2v) is 4.70. The molecule has 0 aliphatic carbocycles. The van der Waals surface area contributed by atoms with Crippen molar-refractivity contribution in [2.45, 2.75) is 11.8 Å². The number of aromatic nitrogens is 1. The lowest BCUT2D eigenvalue weighted by Crippen LogP contribution is -1.82. The van der Waals surface area contributed by atoms with E-state index in [1.54, 1.807) is 6.07 Å². The van der Waals surface area contributed by atoms with Gasteiger partial charge >= 0.3 is 0 Å². The summed E-state index contributed by atoms with van der Waals surface area (Å²) in [5, 5.41) is 9.15. The average Bonchev–Trinajstić information content (AvgIpc) is 2.32. The van der Waals surface area contributed by atoms with E-state index in [1.807, 2.05) is 17.8 Å². The smallest absolute Gasteiger partial charge is 0.133 e. The summed E-state index contributed by atoms with van der Waals surface area (Å²) in [5.74, 6) is 1.28. The Morgan fingerprint density at radius 3 is 2.44 bits per heavy atom. The lowest BCUT2D eigenvalue weighted by atomic mass is 10.1. The van der Waals surface area contributed by atoms with Gasteiger partial charge in [0.15, 0.2) is 0 Å². The maximum absolute atomic E-state index is 9.15. The molecule has 0 saturated carbocycles. The standard InChI is InChI=1S/C13H13NOS/c1-2-16-12-6-3-10(4-7-12)13-8-5-11(15)9-14-13/h3-9,15H,2H2,1H3. The van der Waals surface area contributed by atoms with Crippen molar-refractivity contribution in [1.29, 1.82) is 0 Å². The largest absolute Gasteiger partial charge is 0.506 e. The maximum Gasteiger partial charge on any atom is 0.133 e. The highest BCUT2D eigenvalue weighted by Crippen LogP contribution is 2.23. The molecule has 0 radical (unpaired) electrons. The summed E-state index contributed by atoms with van der Waals surface area (Å²) in [6.07, 6.45) is 1.46. The molecule has 1 N–H and O–H groups in total. The summed E-state index contributed by atoms with van der Waals surface area (Å²) in [7, 11) is 0. The second kappa shape index (κ2) is 5.03. The van der Waals surface area contributed by atoms with Gasteiger partial charge in [-0.05, 0) is 30.0 Å². The van der Waals surface area contributed by atoms with Gasteiger partial charge in [0.1, 0.15) is 5.75 Å². The first-order valence-electron chi connectivity index (χ1n) is 5.18. The van der Waals surface area contributed by atoms with E-state index < -0.39 is 0 Å². The first kappa shape index (κ1) is 11.0. The molecule has 1 aromatic heterocycles. The molecule has 0 bridgehead atoms. The maximum atomic E-state index is 9.15. The molecule has 2 rings (SSSR count). The number of aromatic hydroxyl groups is 1. The number of thioether (sulfide) groups is 1. The van der Waals surface area contributed by atoms with E-state index in [2.05, 4.69) is 36.2 Å². The summed E-state index contributed by atoms with van der Waals surface area (Å²) in [6, 6.07) is 11.8. The normalized spacial score (nSPS) is 10.3. The summed E-state index contributed by atoms with van der Waals surface area (Å²) < 4.78 is 0. The fourth-order valence-corrected chi connectivity index (χ4v) is 2.11. The molecular formula is C13H13NOS. The molecule has 2 nitrogen and oxygen atoms in total. The van der Waals surface area contributed by atoms with Crippen molar-refractivity contribution < 1.29 is 5.11 Å². The third-order valence-electron chi connectivity index (χ3n) is 2.21. The molecule has 0 aliphatic rings. The SMILES string of the molecule is CCSc1ccc(-c2ccc(O)cn2)cc1. The van der Waals surface area contributed by atoms with E-state index >= 15 is 0 Å². The molecule has 3 heteroatoms. The minimum atomic E-state index is 0.196. The van der Waals surface area contributed by atoms with Crippen LogP contribution in [0.15, 0.2) is 47.5 Å². The van der Waals surface area contributed by atoms with Crippen molar-refractivity contribution in [1.82, 2.24) is 4.98 Å². The molecule has 0 aliphatic heterocycles. The van der Waals surface area contributed by atoms with E-state index in [9.17, 15) is 0 Å². The fourth-order valence-electron chi connectivity index (χ4n) is 1.45. The Balaban J connectivity index is 2.24. The molecule has 2 aromatic rings. The number of nitrogens with zero attached hydrogens (tertiary/aromatic N) is 1. The minimum Gasteiger partial charge on any atom is -0.506 e. The Morgan fingerprint density at radius 1 is 1.12 bits per heavy atom. The van der Waals surface area contributed by atoms with Crippen LogP contribution in [0.4, 0.5) is 0 Å². The van der Waals surface area contributed by atoms with Crippen molar-refractivity contribution in [2.24, 2.45) is 0 Å². The van der Waals surface area contributed by atoms with Crippen molar-refractivity contribution >= 4 is 11.8 Å². The molecule has 0 unspecified atom stereocenters. The molecule has 82 valence electrons. The summed E-state index contributed by atoms with van der Waals surface area (Å²) in [4.78, 5) is 5.44. The molecule has 0 spiro atoms. The molecule has 1 heterocycles. The van der Waals surface area contributed by atoms with Crippen molar-refractivity contribution in [3.63, 3.8) is 0 Å². The van der Waals surface area contributed by atoms with Crippen LogP contribution in [0.5, 0.6) is 5.75 Å². The Bertz CT molecular complexity index is 450. The zero-order valence-electron chi connectivity index (χ0n) is 9.05. The van der Waals surface area contributed by atoms with Crippen LogP contribution in [-0.4, -0.2) is 15.8 Å².